The minimum absolute atomic E-state index is 0.0273. The first-order valence-electron chi connectivity index (χ1n) is 15.1. The van der Waals surface area contributed by atoms with E-state index in [1.807, 2.05) is 0 Å². The minimum atomic E-state index is -0.253. The van der Waals surface area contributed by atoms with E-state index in [0.717, 1.165) is 44.1 Å². The monoisotopic (exact) mass is 548 g/mol. The number of rotatable bonds is 3. The third-order valence-electron chi connectivity index (χ3n) is 10.4. The van der Waals surface area contributed by atoms with Crippen LogP contribution in [0.4, 0.5) is 0 Å². The van der Waals surface area contributed by atoms with Crippen LogP contribution in [0, 0.1) is 28.6 Å². The van der Waals surface area contributed by atoms with Crippen molar-refractivity contribution in [3.05, 3.63) is 11.6 Å². The molecule has 5 aliphatic rings. The fraction of sp³-hybridized carbons (Fsp3) is 0.867. The summed E-state index contributed by atoms with van der Waals surface area (Å²) in [6, 6.07) is 0.304. The Balaban J connectivity index is 1.16. The number of carbonyl (C=O) groups is 2. The zero-order valence-corrected chi connectivity index (χ0v) is 23.8. The second-order valence-electron chi connectivity index (χ2n) is 12.5. The van der Waals surface area contributed by atoms with Gasteiger partial charge in [-0.1, -0.05) is 19.9 Å². The van der Waals surface area contributed by atoms with Crippen molar-refractivity contribution in [3.8, 4) is 0 Å². The largest absolute Gasteiger partial charge is 0.377 e. The SMILES string of the molecule is C[C@]12CCC(=O)NC1CC[C@@H]1[C@@H]2CC[C@]2(C)C(C(=O)NCC3COCCOCCOCCOCCO3)=CC[C@@H]12. The molecule has 2 heterocycles. The van der Waals surface area contributed by atoms with Crippen molar-refractivity contribution in [3.63, 3.8) is 0 Å². The van der Waals surface area contributed by atoms with Gasteiger partial charge in [-0.25, -0.2) is 0 Å². The lowest BCUT2D eigenvalue weighted by Gasteiger charge is -2.59. The molecule has 2 saturated carbocycles. The Morgan fingerprint density at radius 3 is 2.36 bits per heavy atom. The smallest absolute Gasteiger partial charge is 0.247 e. The summed E-state index contributed by atoms with van der Waals surface area (Å²) >= 11 is 0. The van der Waals surface area contributed by atoms with Gasteiger partial charge < -0.3 is 34.3 Å². The quantitative estimate of drug-likeness (QED) is 0.559. The molecule has 9 nitrogen and oxygen atoms in total. The summed E-state index contributed by atoms with van der Waals surface area (Å²) in [6.07, 6.45) is 8.90. The fourth-order valence-electron chi connectivity index (χ4n) is 8.24. The molecule has 4 fully saturated rings. The van der Waals surface area contributed by atoms with Gasteiger partial charge in [-0.2, -0.15) is 0 Å². The van der Waals surface area contributed by atoms with Crippen molar-refractivity contribution >= 4 is 11.8 Å². The molecule has 2 unspecified atom stereocenters. The molecule has 0 aromatic rings. The van der Waals surface area contributed by atoms with Gasteiger partial charge in [0, 0.05) is 30.0 Å². The molecule has 0 aromatic heterocycles. The highest BCUT2D eigenvalue weighted by molar-refractivity contribution is 5.95. The van der Waals surface area contributed by atoms with Gasteiger partial charge in [0.2, 0.25) is 11.8 Å². The second kappa shape index (κ2) is 13.0. The van der Waals surface area contributed by atoms with Crippen molar-refractivity contribution in [1.29, 1.82) is 0 Å². The molecule has 2 aliphatic heterocycles. The maximum Gasteiger partial charge on any atom is 0.247 e. The number of allylic oxidation sites excluding steroid dienone is 1. The lowest BCUT2D eigenvalue weighted by Crippen LogP contribution is -2.61. The Kier molecular flexibility index (Phi) is 9.65. The van der Waals surface area contributed by atoms with E-state index in [-0.39, 0.29) is 28.7 Å². The average Bonchev–Trinajstić information content (AvgIpc) is 3.28. The van der Waals surface area contributed by atoms with Crippen LogP contribution in [0.15, 0.2) is 11.6 Å². The molecule has 0 bridgehead atoms. The Morgan fingerprint density at radius 1 is 0.923 bits per heavy atom. The molecule has 3 aliphatic carbocycles. The van der Waals surface area contributed by atoms with E-state index < -0.39 is 0 Å². The van der Waals surface area contributed by atoms with E-state index in [9.17, 15) is 9.59 Å². The number of hydrogen-bond donors (Lipinski definition) is 2. The second-order valence-corrected chi connectivity index (χ2v) is 12.5. The van der Waals surface area contributed by atoms with E-state index in [1.165, 1.54) is 0 Å². The van der Waals surface area contributed by atoms with Crippen LogP contribution >= 0.6 is 0 Å². The molecule has 7 atom stereocenters. The maximum absolute atomic E-state index is 13.6. The topological polar surface area (TPSA) is 104 Å². The Bertz CT molecular complexity index is 881. The normalized spacial score (nSPS) is 40.5. The first-order valence-corrected chi connectivity index (χ1v) is 15.1. The molecule has 39 heavy (non-hydrogen) atoms. The van der Waals surface area contributed by atoms with Crippen LogP contribution in [0.1, 0.15) is 58.8 Å². The molecule has 2 amide bonds. The summed E-state index contributed by atoms with van der Waals surface area (Å²) in [5.74, 6) is 1.95. The highest BCUT2D eigenvalue weighted by atomic mass is 16.6. The van der Waals surface area contributed by atoms with Gasteiger partial charge in [0.25, 0.3) is 0 Å². The molecule has 5 rings (SSSR count). The van der Waals surface area contributed by atoms with Crippen LogP contribution < -0.4 is 10.6 Å². The standard InChI is InChI=1S/C30H48N2O7/c1-29-9-7-24-22(3-6-26-30(24,2)10-8-27(33)32-26)23(29)4-5-25(29)28(34)31-19-21-20-38-16-15-36-12-11-35-13-14-37-17-18-39-21/h5,21-24,26H,3-4,6-20H2,1-2H3,(H,31,34)(H,32,33)/t21?,22-,23-,24-,26?,29-,30+/m0/s1. The van der Waals surface area contributed by atoms with Crippen LogP contribution in [0.2, 0.25) is 0 Å². The summed E-state index contributed by atoms with van der Waals surface area (Å²) in [4.78, 5) is 25.6. The molecule has 220 valence electrons. The van der Waals surface area contributed by atoms with Crippen molar-refractivity contribution in [2.75, 3.05) is 66.0 Å². The van der Waals surface area contributed by atoms with Gasteiger partial charge in [-0.3, -0.25) is 9.59 Å². The molecule has 2 saturated heterocycles. The highest BCUT2D eigenvalue weighted by Gasteiger charge is 2.59. The van der Waals surface area contributed by atoms with Crippen LogP contribution in [0.5, 0.6) is 0 Å². The first kappa shape index (κ1) is 29.0. The van der Waals surface area contributed by atoms with Crippen LogP contribution in [-0.2, 0) is 33.3 Å². The van der Waals surface area contributed by atoms with Crippen molar-refractivity contribution in [1.82, 2.24) is 10.6 Å². The first-order chi connectivity index (χ1) is 18.9. The van der Waals surface area contributed by atoms with Gasteiger partial charge in [0.1, 0.15) is 0 Å². The van der Waals surface area contributed by atoms with Crippen molar-refractivity contribution < 1.29 is 33.3 Å². The predicted molar refractivity (Wildman–Crippen MR) is 145 cm³/mol. The van der Waals surface area contributed by atoms with Crippen LogP contribution in [0.25, 0.3) is 0 Å². The van der Waals surface area contributed by atoms with E-state index in [0.29, 0.717) is 96.2 Å². The van der Waals surface area contributed by atoms with E-state index >= 15 is 0 Å². The molecular formula is C30H48N2O7. The summed E-state index contributed by atoms with van der Waals surface area (Å²) < 4.78 is 28.3. The Morgan fingerprint density at radius 2 is 1.62 bits per heavy atom. The van der Waals surface area contributed by atoms with Crippen LogP contribution in [0.3, 0.4) is 0 Å². The van der Waals surface area contributed by atoms with E-state index in [2.05, 4.69) is 30.6 Å². The number of piperidine rings is 1. The molecule has 9 heteroatoms. The third-order valence-corrected chi connectivity index (χ3v) is 10.4. The van der Waals surface area contributed by atoms with E-state index in [4.69, 9.17) is 23.7 Å². The van der Waals surface area contributed by atoms with Gasteiger partial charge in [-0.05, 0) is 61.7 Å². The van der Waals surface area contributed by atoms with Gasteiger partial charge in [-0.15, -0.1) is 0 Å². The van der Waals surface area contributed by atoms with E-state index in [1.54, 1.807) is 0 Å². The third kappa shape index (κ3) is 6.38. The highest BCUT2D eigenvalue weighted by Crippen LogP contribution is 2.64. The number of carbonyl (C=O) groups excluding carboxylic acids is 2. The van der Waals surface area contributed by atoms with Crippen molar-refractivity contribution in [2.24, 2.45) is 28.6 Å². The van der Waals surface area contributed by atoms with Crippen molar-refractivity contribution in [2.45, 2.75) is 70.9 Å². The Hall–Kier alpha value is -1.52. The minimum Gasteiger partial charge on any atom is -0.377 e. The zero-order chi connectivity index (χ0) is 27.3. The lowest BCUT2D eigenvalue weighted by atomic mass is 9.47. The van der Waals surface area contributed by atoms with Gasteiger partial charge in [0.15, 0.2) is 0 Å². The van der Waals surface area contributed by atoms with Gasteiger partial charge >= 0.3 is 0 Å². The molecule has 2 N–H and O–H groups in total. The average molecular weight is 549 g/mol. The van der Waals surface area contributed by atoms with Gasteiger partial charge in [0.05, 0.1) is 65.6 Å². The van der Waals surface area contributed by atoms with Crippen LogP contribution in [-0.4, -0.2) is 90.0 Å². The Labute approximate surface area is 233 Å². The number of fused-ring (bicyclic) bond motifs is 5. The lowest BCUT2D eigenvalue weighted by molar-refractivity contribution is -0.136. The number of ether oxygens (including phenoxy) is 5. The maximum atomic E-state index is 13.6. The summed E-state index contributed by atoms with van der Waals surface area (Å²) in [5.41, 5.74) is 1.02. The number of amides is 2. The molecule has 0 spiro atoms. The summed E-state index contributed by atoms with van der Waals surface area (Å²) in [5, 5.41) is 6.48. The molecule has 0 aromatic carbocycles. The molecule has 0 radical (unpaired) electrons. The zero-order valence-electron chi connectivity index (χ0n) is 23.8. The summed E-state index contributed by atoms with van der Waals surface area (Å²) in [6.45, 7) is 9.52. The fourth-order valence-corrected chi connectivity index (χ4v) is 8.24. The summed E-state index contributed by atoms with van der Waals surface area (Å²) in [7, 11) is 0. The molecular weight excluding hydrogens is 500 g/mol. The number of nitrogens with one attached hydrogen (secondary N) is 2. The number of hydrogen-bond acceptors (Lipinski definition) is 7. The predicted octanol–water partition coefficient (Wildman–Crippen LogP) is 2.63.